The van der Waals surface area contributed by atoms with Gasteiger partial charge in [-0.05, 0) is 107 Å². The maximum atomic E-state index is 12.6. The van der Waals surface area contributed by atoms with Crippen LogP contribution in [0.5, 0.6) is 23.0 Å². The summed E-state index contributed by atoms with van der Waals surface area (Å²) in [6.45, 7) is 8.31. The maximum absolute atomic E-state index is 12.6. The number of carbonyl (C=O) groups is 4. The Morgan fingerprint density at radius 2 is 1.15 bits per heavy atom. The van der Waals surface area contributed by atoms with Gasteiger partial charge in [-0.3, -0.25) is 0 Å². The summed E-state index contributed by atoms with van der Waals surface area (Å²) in [7, 11) is 5.36. The predicted octanol–water partition coefficient (Wildman–Crippen LogP) is 5.78. The lowest BCUT2D eigenvalue weighted by Gasteiger charge is -2.18. The Balaban J connectivity index is 1.56. The summed E-state index contributed by atoms with van der Waals surface area (Å²) in [6.07, 6.45) is -1.82. The molecule has 0 heterocycles. The van der Waals surface area contributed by atoms with E-state index in [9.17, 15) is 19.2 Å². The molecule has 3 aromatic rings. The van der Waals surface area contributed by atoms with Crippen LogP contribution in [0.2, 0.25) is 0 Å². The molecule has 0 aliphatic carbocycles. The molecule has 0 spiro atoms. The van der Waals surface area contributed by atoms with E-state index in [1.54, 1.807) is 33.8 Å². The van der Waals surface area contributed by atoms with Crippen molar-refractivity contribution in [1.29, 1.82) is 0 Å². The van der Waals surface area contributed by atoms with Crippen LogP contribution in [0, 0.1) is 6.92 Å². The van der Waals surface area contributed by atoms with Crippen LogP contribution in [0.3, 0.4) is 0 Å². The van der Waals surface area contributed by atoms with Crippen molar-refractivity contribution in [3.63, 3.8) is 0 Å². The summed E-state index contributed by atoms with van der Waals surface area (Å²) >= 11 is 0. The summed E-state index contributed by atoms with van der Waals surface area (Å²) in [5, 5.41) is 0. The smallest absolute Gasteiger partial charge is 0.441 e. The van der Waals surface area contributed by atoms with Crippen LogP contribution < -0.4 is 18.9 Å². The third-order valence-electron chi connectivity index (χ3n) is 4.81. The molecule has 10 nitrogen and oxygen atoms in total. The number of benzene rings is 3. The highest BCUT2D eigenvalue weighted by atomic mass is 16.7. The number of ether oxygens (including phenoxy) is 6. The molecular formula is C29H27BO10. The lowest BCUT2D eigenvalue weighted by Crippen LogP contribution is -2.25. The fraction of sp³-hybridized carbons (Fsp3) is 0.241. The first-order valence-electron chi connectivity index (χ1n) is 12.1. The Morgan fingerprint density at radius 1 is 0.675 bits per heavy atom. The second-order valence-corrected chi connectivity index (χ2v) is 9.50. The Morgan fingerprint density at radius 3 is 1.62 bits per heavy atom. The molecule has 0 fully saturated rings. The van der Waals surface area contributed by atoms with Crippen molar-refractivity contribution in [2.75, 3.05) is 0 Å². The molecule has 0 saturated carbocycles. The van der Waals surface area contributed by atoms with Crippen molar-refractivity contribution in [2.45, 2.75) is 46.2 Å². The highest BCUT2D eigenvalue weighted by Crippen LogP contribution is 2.26. The van der Waals surface area contributed by atoms with Crippen molar-refractivity contribution in [3.05, 3.63) is 83.4 Å². The van der Waals surface area contributed by atoms with Gasteiger partial charge in [0.15, 0.2) is 0 Å². The number of rotatable bonds is 7. The number of hydrogen-bond acceptors (Lipinski definition) is 10. The average molecular weight is 546 g/mol. The van der Waals surface area contributed by atoms with Gasteiger partial charge in [-0.15, -0.1) is 0 Å². The summed E-state index contributed by atoms with van der Waals surface area (Å²) in [6, 6.07) is 15.1. The van der Waals surface area contributed by atoms with Gasteiger partial charge in [-0.1, -0.05) is 0 Å². The SMILES string of the molecule is [B]C(C)OC(=O)Oc1ccc(C(=O)Oc2ccc(OC(=O)c3ccc(OC(=O)OC(C)(C)C)cc3)c(C)c2)cc1. The molecule has 0 bridgehead atoms. The van der Waals surface area contributed by atoms with Crippen molar-refractivity contribution in [2.24, 2.45) is 0 Å². The fourth-order valence-electron chi connectivity index (χ4n) is 3.08. The third-order valence-corrected chi connectivity index (χ3v) is 4.81. The van der Waals surface area contributed by atoms with Gasteiger partial charge in [-0.25, -0.2) is 19.2 Å². The van der Waals surface area contributed by atoms with E-state index in [0.29, 0.717) is 5.56 Å². The van der Waals surface area contributed by atoms with Crippen molar-refractivity contribution in [1.82, 2.24) is 0 Å². The van der Waals surface area contributed by atoms with Crippen molar-refractivity contribution in [3.8, 4) is 23.0 Å². The second kappa shape index (κ2) is 12.8. The van der Waals surface area contributed by atoms with E-state index >= 15 is 0 Å². The van der Waals surface area contributed by atoms with E-state index < -0.39 is 35.9 Å². The minimum Gasteiger partial charge on any atom is -0.441 e. The first-order valence-corrected chi connectivity index (χ1v) is 12.1. The zero-order valence-electron chi connectivity index (χ0n) is 22.6. The standard InChI is InChI=1S/C29H27BO10/c1-17-16-23(36-25(31)19-6-10-21(11-7-19)37-27(33)35-18(2)30)14-15-24(17)39-26(32)20-8-12-22(13-9-20)38-28(34)40-29(3,4)5/h6-16,18H,1-5H3. The van der Waals surface area contributed by atoms with Crippen LogP contribution in [-0.4, -0.2) is 43.7 Å². The summed E-state index contributed by atoms with van der Waals surface area (Å²) in [5.41, 5.74) is 0.278. The monoisotopic (exact) mass is 546 g/mol. The molecule has 3 rings (SSSR count). The zero-order chi connectivity index (χ0) is 29.4. The van der Waals surface area contributed by atoms with Gasteiger partial charge in [0, 0.05) is 0 Å². The fourth-order valence-corrected chi connectivity index (χ4v) is 3.08. The Bertz CT molecular complexity index is 1370. The average Bonchev–Trinajstić information content (AvgIpc) is 2.84. The maximum Gasteiger partial charge on any atom is 0.514 e. The Hall–Kier alpha value is -4.80. The lowest BCUT2D eigenvalue weighted by atomic mass is 10.0. The van der Waals surface area contributed by atoms with Crippen molar-refractivity contribution < 1.29 is 47.6 Å². The zero-order valence-corrected chi connectivity index (χ0v) is 22.6. The van der Waals surface area contributed by atoms with Crippen molar-refractivity contribution >= 4 is 32.1 Å². The molecule has 0 aliphatic heterocycles. The highest BCUT2D eigenvalue weighted by molar-refractivity contribution is 6.11. The first kappa shape index (κ1) is 29.8. The van der Waals surface area contributed by atoms with E-state index in [-0.39, 0.29) is 34.1 Å². The number of hydrogen-bond donors (Lipinski definition) is 0. The summed E-state index contributed by atoms with van der Waals surface area (Å²) < 4.78 is 30.7. The largest absolute Gasteiger partial charge is 0.514 e. The van der Waals surface area contributed by atoms with E-state index in [2.05, 4.69) is 4.74 Å². The van der Waals surface area contributed by atoms with Crippen LogP contribution in [0.1, 0.15) is 54.0 Å². The van der Waals surface area contributed by atoms with E-state index in [0.717, 1.165) is 0 Å². The molecule has 1 atom stereocenters. The minimum absolute atomic E-state index is 0.161. The van der Waals surface area contributed by atoms with E-state index in [1.807, 2.05) is 0 Å². The molecule has 0 amide bonds. The van der Waals surface area contributed by atoms with Gasteiger partial charge < -0.3 is 28.4 Å². The molecule has 0 aliphatic rings. The van der Waals surface area contributed by atoms with Gasteiger partial charge in [-0.2, -0.15) is 0 Å². The number of aryl methyl sites for hydroxylation is 1. The van der Waals surface area contributed by atoms with E-state index in [4.69, 9.17) is 31.5 Å². The molecule has 3 aromatic carbocycles. The number of esters is 2. The van der Waals surface area contributed by atoms with Gasteiger partial charge in [0.25, 0.3) is 0 Å². The second-order valence-electron chi connectivity index (χ2n) is 9.50. The summed E-state index contributed by atoms with van der Waals surface area (Å²) in [5.74, 6) is -0.425. The topological polar surface area (TPSA) is 124 Å². The minimum atomic E-state index is -0.967. The molecule has 0 N–H and O–H groups in total. The molecule has 206 valence electrons. The quantitative estimate of drug-likeness (QED) is 0.156. The first-order chi connectivity index (χ1) is 18.8. The lowest BCUT2D eigenvalue weighted by molar-refractivity contribution is 0.0206. The molecule has 1 unspecified atom stereocenters. The van der Waals surface area contributed by atoms with Gasteiger partial charge in [0.1, 0.15) is 36.4 Å². The molecule has 2 radical (unpaired) electrons. The Labute approximate surface area is 232 Å². The highest BCUT2D eigenvalue weighted by Gasteiger charge is 2.19. The van der Waals surface area contributed by atoms with Crippen LogP contribution in [0.4, 0.5) is 9.59 Å². The van der Waals surface area contributed by atoms with E-state index in [1.165, 1.54) is 67.6 Å². The normalized spacial score (nSPS) is 11.5. The predicted molar refractivity (Wildman–Crippen MR) is 143 cm³/mol. The summed E-state index contributed by atoms with van der Waals surface area (Å²) in [4.78, 5) is 48.4. The van der Waals surface area contributed by atoms with Gasteiger partial charge in [0.2, 0.25) is 0 Å². The molecule has 11 heteroatoms. The molecule has 0 aromatic heterocycles. The van der Waals surface area contributed by atoms with Crippen LogP contribution >= 0.6 is 0 Å². The third kappa shape index (κ3) is 9.19. The molecule has 0 saturated heterocycles. The molecule has 40 heavy (non-hydrogen) atoms. The van der Waals surface area contributed by atoms with Gasteiger partial charge in [0.05, 0.1) is 17.1 Å². The van der Waals surface area contributed by atoms with Crippen LogP contribution in [0.25, 0.3) is 0 Å². The Kier molecular flexibility index (Phi) is 9.55. The van der Waals surface area contributed by atoms with Gasteiger partial charge >= 0.3 is 24.2 Å². The van der Waals surface area contributed by atoms with Crippen LogP contribution in [0.15, 0.2) is 66.7 Å². The van der Waals surface area contributed by atoms with Crippen LogP contribution in [-0.2, 0) is 9.47 Å². The molecular weight excluding hydrogens is 519 g/mol. The number of carbonyl (C=O) groups excluding carboxylic acids is 4.